The molecule has 0 saturated carbocycles. The number of H-pyrrole nitrogens is 1. The van der Waals surface area contributed by atoms with Crippen molar-refractivity contribution in [2.45, 2.75) is 3.79 Å². The van der Waals surface area contributed by atoms with Gasteiger partial charge in [-0.05, 0) is 28.1 Å². The van der Waals surface area contributed by atoms with E-state index in [2.05, 4.69) is 20.9 Å². The van der Waals surface area contributed by atoms with Crippen molar-refractivity contribution in [3.63, 3.8) is 0 Å². The van der Waals surface area contributed by atoms with Crippen LogP contribution in [0.4, 0.5) is 0 Å². The van der Waals surface area contributed by atoms with Gasteiger partial charge in [0.2, 0.25) is 5.78 Å². The van der Waals surface area contributed by atoms with Crippen molar-refractivity contribution in [2.75, 3.05) is 0 Å². The van der Waals surface area contributed by atoms with Crippen LogP contribution in [0.3, 0.4) is 0 Å². The monoisotopic (exact) mass is 373 g/mol. The van der Waals surface area contributed by atoms with Crippen LogP contribution in [0, 0.1) is 0 Å². The van der Waals surface area contributed by atoms with Crippen LogP contribution in [-0.2, 0) is 0 Å². The number of alkyl halides is 3. The van der Waals surface area contributed by atoms with Gasteiger partial charge in [-0.3, -0.25) is 4.79 Å². The molecule has 17 heavy (non-hydrogen) atoms. The van der Waals surface area contributed by atoms with Crippen LogP contribution in [0.15, 0.2) is 22.8 Å². The number of Topliss-reactive ketones (excluding diaryl/α,β-unsaturated/α-hetero) is 1. The van der Waals surface area contributed by atoms with Crippen LogP contribution in [0.25, 0.3) is 10.9 Å². The highest BCUT2D eigenvalue weighted by atomic mass is 79.9. The maximum absolute atomic E-state index is 11.9. The number of hydrogen-bond acceptors (Lipinski definition) is 1. The fraction of sp³-hybridized carbons (Fsp3) is 0.100. The van der Waals surface area contributed by atoms with E-state index in [9.17, 15) is 4.79 Å². The third-order valence-corrected chi connectivity index (χ3v) is 3.57. The van der Waals surface area contributed by atoms with Crippen molar-refractivity contribution in [2.24, 2.45) is 0 Å². The molecule has 0 aliphatic heterocycles. The van der Waals surface area contributed by atoms with Gasteiger partial charge in [0.05, 0.1) is 5.52 Å². The normalized spacial score (nSPS) is 12.1. The van der Waals surface area contributed by atoms with Crippen molar-refractivity contribution >= 4 is 79.0 Å². The minimum Gasteiger partial charge on any atom is -0.360 e. The van der Waals surface area contributed by atoms with Crippen LogP contribution >= 0.6 is 62.3 Å². The number of rotatable bonds is 1. The molecule has 0 amide bonds. The summed E-state index contributed by atoms with van der Waals surface area (Å²) in [5.41, 5.74) is 1.02. The average molecular weight is 376 g/mol. The second kappa shape index (κ2) is 4.63. The summed E-state index contributed by atoms with van der Waals surface area (Å²) < 4.78 is -1.24. The largest absolute Gasteiger partial charge is 0.360 e. The van der Waals surface area contributed by atoms with E-state index in [1.54, 1.807) is 12.1 Å². The minimum atomic E-state index is -1.98. The van der Waals surface area contributed by atoms with Gasteiger partial charge in [-0.25, -0.2) is 0 Å². The summed E-state index contributed by atoms with van der Waals surface area (Å²) in [5.74, 6) is -0.595. The Morgan fingerprint density at radius 2 is 1.94 bits per heavy atom. The predicted octanol–water partition coefficient (Wildman–Crippen LogP) is 5.14. The zero-order valence-corrected chi connectivity index (χ0v) is 12.6. The van der Waals surface area contributed by atoms with Crippen molar-refractivity contribution in [3.8, 4) is 0 Å². The van der Waals surface area contributed by atoms with Crippen LogP contribution in [0.5, 0.6) is 0 Å². The van der Waals surface area contributed by atoms with Crippen LogP contribution < -0.4 is 0 Å². The lowest BCUT2D eigenvalue weighted by molar-refractivity contribution is 0.0998. The highest BCUT2D eigenvalue weighted by molar-refractivity contribution is 9.10. The third kappa shape index (κ3) is 2.59. The van der Waals surface area contributed by atoms with E-state index in [4.69, 9.17) is 46.4 Å². The Kier molecular flexibility index (Phi) is 3.68. The van der Waals surface area contributed by atoms with E-state index in [-0.39, 0.29) is 0 Å². The third-order valence-electron chi connectivity index (χ3n) is 2.21. The molecule has 0 saturated heterocycles. The Hall–Kier alpha value is 0.0700. The number of nitrogens with one attached hydrogen (secondary N) is 1. The van der Waals surface area contributed by atoms with Crippen molar-refractivity contribution in [1.29, 1.82) is 0 Å². The van der Waals surface area contributed by atoms with Gasteiger partial charge in [-0.1, -0.05) is 46.4 Å². The number of benzene rings is 1. The van der Waals surface area contributed by atoms with Gasteiger partial charge in [-0.2, -0.15) is 0 Å². The lowest BCUT2D eigenvalue weighted by Gasteiger charge is -2.08. The second-order valence-electron chi connectivity index (χ2n) is 3.34. The van der Waals surface area contributed by atoms with Gasteiger partial charge in [0.1, 0.15) is 0 Å². The number of carbonyl (C=O) groups is 1. The van der Waals surface area contributed by atoms with Crippen molar-refractivity contribution in [3.05, 3.63) is 33.4 Å². The molecule has 0 unspecified atom stereocenters. The van der Waals surface area contributed by atoms with Gasteiger partial charge < -0.3 is 4.98 Å². The van der Waals surface area contributed by atoms with Gasteiger partial charge >= 0.3 is 0 Å². The van der Waals surface area contributed by atoms with Gasteiger partial charge in [0.25, 0.3) is 3.79 Å². The van der Waals surface area contributed by atoms with E-state index < -0.39 is 9.58 Å². The molecular weight excluding hydrogens is 372 g/mol. The summed E-state index contributed by atoms with van der Waals surface area (Å²) in [7, 11) is 0. The molecule has 0 radical (unpaired) electrons. The molecule has 7 heteroatoms. The molecule has 90 valence electrons. The molecule has 0 bridgehead atoms. The SMILES string of the molecule is O=C(c1c[nH]c2c(Br)cc(Cl)cc12)C(Cl)(Cl)Cl. The van der Waals surface area contributed by atoms with Crippen LogP contribution in [0.2, 0.25) is 5.02 Å². The average Bonchev–Trinajstić information content (AvgIpc) is 2.58. The Labute approximate surface area is 125 Å². The van der Waals surface area contributed by atoms with Crippen molar-refractivity contribution in [1.82, 2.24) is 4.98 Å². The molecular formula is C10H4BrCl4NO. The first-order chi connectivity index (χ1) is 7.80. The maximum Gasteiger partial charge on any atom is 0.253 e. The smallest absolute Gasteiger partial charge is 0.253 e. The molecule has 2 rings (SSSR count). The highest BCUT2D eigenvalue weighted by Gasteiger charge is 2.33. The van der Waals surface area contributed by atoms with E-state index in [1.807, 2.05) is 0 Å². The quantitative estimate of drug-likeness (QED) is 0.543. The number of carbonyl (C=O) groups excluding carboxylic acids is 1. The second-order valence-corrected chi connectivity index (χ2v) is 6.91. The fourth-order valence-corrected chi connectivity index (χ4v) is 2.73. The highest BCUT2D eigenvalue weighted by Crippen LogP contribution is 2.35. The molecule has 2 aromatic rings. The summed E-state index contributed by atoms with van der Waals surface area (Å²) in [6.07, 6.45) is 1.50. The number of ketones is 1. The fourth-order valence-electron chi connectivity index (χ4n) is 1.50. The molecule has 0 aliphatic rings. The summed E-state index contributed by atoms with van der Waals surface area (Å²) in [5, 5.41) is 1.10. The Bertz CT molecular complexity index is 602. The molecule has 1 aromatic carbocycles. The topological polar surface area (TPSA) is 32.9 Å². The molecule has 0 spiro atoms. The van der Waals surface area contributed by atoms with Gasteiger partial charge in [0, 0.05) is 26.6 Å². The zero-order valence-electron chi connectivity index (χ0n) is 8.03. The summed E-state index contributed by atoms with van der Waals surface area (Å²) in [4.78, 5) is 14.8. The Balaban J connectivity index is 2.69. The lowest BCUT2D eigenvalue weighted by Crippen LogP contribution is -2.18. The number of hydrogen-bond donors (Lipinski definition) is 1. The molecule has 0 fully saturated rings. The summed E-state index contributed by atoms with van der Waals surface area (Å²) in [6.45, 7) is 0. The predicted molar refractivity (Wildman–Crippen MR) is 75.6 cm³/mol. The van der Waals surface area contributed by atoms with Crippen molar-refractivity contribution < 1.29 is 4.79 Å². The van der Waals surface area contributed by atoms with E-state index in [0.29, 0.717) is 16.0 Å². The van der Waals surface area contributed by atoms with Crippen LogP contribution in [0.1, 0.15) is 10.4 Å². The first-order valence-corrected chi connectivity index (χ1v) is 6.69. The molecule has 1 N–H and O–H groups in total. The molecule has 1 heterocycles. The minimum absolute atomic E-state index is 0.295. The van der Waals surface area contributed by atoms with E-state index in [1.165, 1.54) is 6.20 Å². The van der Waals surface area contributed by atoms with Gasteiger partial charge in [-0.15, -0.1) is 0 Å². The number of aromatic nitrogens is 1. The lowest BCUT2D eigenvalue weighted by atomic mass is 10.1. The number of fused-ring (bicyclic) bond motifs is 1. The van der Waals surface area contributed by atoms with Crippen LogP contribution in [-0.4, -0.2) is 14.6 Å². The molecule has 0 atom stereocenters. The van der Waals surface area contributed by atoms with Gasteiger partial charge in [0.15, 0.2) is 0 Å². The molecule has 1 aromatic heterocycles. The molecule has 2 nitrogen and oxygen atoms in total. The first kappa shape index (κ1) is 13.5. The standard InChI is InChI=1S/C10H4BrCl4NO/c11-7-2-4(12)1-5-6(3-16-8(5)7)9(17)10(13,14)15/h1-3,16H. The number of halogens is 5. The summed E-state index contributed by atoms with van der Waals surface area (Å²) in [6, 6.07) is 3.35. The first-order valence-electron chi connectivity index (χ1n) is 4.38. The van der Waals surface area contributed by atoms with E-state index >= 15 is 0 Å². The maximum atomic E-state index is 11.9. The molecule has 0 aliphatic carbocycles. The van der Waals surface area contributed by atoms with E-state index in [0.717, 1.165) is 9.99 Å². The Morgan fingerprint density at radius 1 is 1.29 bits per heavy atom. The number of aromatic amines is 1. The summed E-state index contributed by atoms with van der Waals surface area (Å²) >= 11 is 26.0. The zero-order chi connectivity index (χ0) is 12.8. The Morgan fingerprint density at radius 3 is 2.53 bits per heavy atom.